The number of rotatable bonds is 8. The van der Waals surface area contributed by atoms with Gasteiger partial charge in [0.25, 0.3) is 0 Å². The first-order valence-corrected chi connectivity index (χ1v) is 14.5. The van der Waals surface area contributed by atoms with E-state index in [0.717, 1.165) is 23.4 Å². The first kappa shape index (κ1) is 31.1. The van der Waals surface area contributed by atoms with Crippen LogP contribution in [0, 0.1) is 29.1 Å². The van der Waals surface area contributed by atoms with E-state index < -0.39 is 47.2 Å². The van der Waals surface area contributed by atoms with E-state index in [4.69, 9.17) is 9.47 Å². The van der Waals surface area contributed by atoms with Crippen LogP contribution in [0.2, 0.25) is 0 Å². The highest BCUT2D eigenvalue weighted by Gasteiger charge is 2.65. The quantitative estimate of drug-likeness (QED) is 0.447. The Hall–Kier alpha value is -3.31. The first-order chi connectivity index (χ1) is 20.2. The number of amides is 1. The smallest absolute Gasteiger partial charge is 0.416 e. The Morgan fingerprint density at radius 1 is 1.09 bits per heavy atom. The zero-order valence-electron chi connectivity index (χ0n) is 25.3. The number of likely N-dealkylation sites (tertiary alicyclic amines) is 1. The molecule has 2 N–H and O–H groups in total. The lowest BCUT2D eigenvalue weighted by atomic mass is 9.72. The third-order valence-electron chi connectivity index (χ3n) is 9.29. The third-order valence-corrected chi connectivity index (χ3v) is 9.29. The zero-order chi connectivity index (χ0) is 31.4. The second kappa shape index (κ2) is 11.3. The molecular formula is C32H40F3N3O5. The van der Waals surface area contributed by atoms with Crippen molar-refractivity contribution in [3.05, 3.63) is 59.2 Å². The number of benzene rings is 2. The van der Waals surface area contributed by atoms with E-state index in [2.05, 4.69) is 5.32 Å². The van der Waals surface area contributed by atoms with Gasteiger partial charge in [-0.1, -0.05) is 45.0 Å². The van der Waals surface area contributed by atoms with Gasteiger partial charge in [0, 0.05) is 49.8 Å². The summed E-state index contributed by atoms with van der Waals surface area (Å²) in [6.07, 6.45) is -4.52. The maximum absolute atomic E-state index is 14.4. The number of hydrogen-bond acceptors (Lipinski definition) is 6. The van der Waals surface area contributed by atoms with Gasteiger partial charge < -0.3 is 29.7 Å². The fourth-order valence-electron chi connectivity index (χ4n) is 7.27. The standard InChI is InChI=1S/C32H40F3N3O5/c1-31(2,3)25-26(36-14-17-11-12-18(32(33,34)35)13-23(17)42-6)27(19-9-7-8-10-22(19)37(4)5)38(28(25)30(40)41)29(39)24-20-15-43-16-21(20)24/h7-13,20-21,24-28,36H,14-16H2,1-6H3,(H,40,41)/t20?,21?,24?,25-,26-,27-,28-/m1/s1. The maximum Gasteiger partial charge on any atom is 0.416 e. The van der Waals surface area contributed by atoms with Crippen molar-refractivity contribution in [3.8, 4) is 5.75 Å². The normalized spacial score (nSPS) is 28.5. The molecule has 2 unspecified atom stereocenters. The molecule has 6 atom stereocenters. The highest BCUT2D eigenvalue weighted by molar-refractivity contribution is 5.89. The van der Waals surface area contributed by atoms with Gasteiger partial charge in [0.1, 0.15) is 11.8 Å². The van der Waals surface area contributed by atoms with Gasteiger partial charge in [-0.15, -0.1) is 0 Å². The van der Waals surface area contributed by atoms with E-state index in [-0.39, 0.29) is 36.0 Å². The van der Waals surface area contributed by atoms with Crippen molar-refractivity contribution in [3.63, 3.8) is 0 Å². The molecule has 0 spiro atoms. The number of nitrogens with one attached hydrogen (secondary N) is 1. The minimum Gasteiger partial charge on any atom is -0.496 e. The Labute approximate surface area is 250 Å². The lowest BCUT2D eigenvalue weighted by Gasteiger charge is -2.36. The summed E-state index contributed by atoms with van der Waals surface area (Å²) in [7, 11) is 5.11. The van der Waals surface area contributed by atoms with Crippen LogP contribution in [0.4, 0.5) is 18.9 Å². The number of para-hydroxylation sites is 1. The van der Waals surface area contributed by atoms with Gasteiger partial charge in [0.05, 0.1) is 31.9 Å². The van der Waals surface area contributed by atoms with Crippen LogP contribution in [-0.4, -0.2) is 68.4 Å². The molecule has 8 nitrogen and oxygen atoms in total. The molecule has 2 aromatic carbocycles. The number of carbonyl (C=O) groups excluding carboxylic acids is 1. The van der Waals surface area contributed by atoms with Crippen LogP contribution in [-0.2, 0) is 27.0 Å². The molecule has 2 aliphatic heterocycles. The summed E-state index contributed by atoms with van der Waals surface area (Å²) in [6.45, 7) is 6.97. The van der Waals surface area contributed by atoms with Crippen molar-refractivity contribution in [1.82, 2.24) is 10.2 Å². The Morgan fingerprint density at radius 3 is 2.30 bits per heavy atom. The molecule has 1 saturated carbocycles. The van der Waals surface area contributed by atoms with Crippen LogP contribution in [0.1, 0.15) is 43.5 Å². The predicted octanol–water partition coefficient (Wildman–Crippen LogP) is 4.83. The van der Waals surface area contributed by atoms with Gasteiger partial charge in [0.2, 0.25) is 5.91 Å². The van der Waals surface area contributed by atoms with Crippen molar-refractivity contribution in [1.29, 1.82) is 0 Å². The Bertz CT molecular complexity index is 1360. The van der Waals surface area contributed by atoms with E-state index in [1.165, 1.54) is 13.2 Å². The molecule has 0 aromatic heterocycles. The van der Waals surface area contributed by atoms with E-state index in [9.17, 15) is 27.9 Å². The highest BCUT2D eigenvalue weighted by Crippen LogP contribution is 2.56. The molecule has 0 radical (unpaired) electrons. The molecule has 1 amide bonds. The fourth-order valence-corrected chi connectivity index (χ4v) is 7.27. The van der Waals surface area contributed by atoms with Crippen LogP contribution >= 0.6 is 0 Å². The van der Waals surface area contributed by atoms with Crippen LogP contribution in [0.25, 0.3) is 0 Å². The summed E-state index contributed by atoms with van der Waals surface area (Å²) in [5, 5.41) is 14.2. The van der Waals surface area contributed by atoms with Gasteiger partial charge in [-0.05, 0) is 41.0 Å². The topological polar surface area (TPSA) is 91.3 Å². The first-order valence-electron chi connectivity index (χ1n) is 14.5. The van der Waals surface area contributed by atoms with Crippen molar-refractivity contribution in [2.45, 2.75) is 51.6 Å². The number of aliphatic carboxylic acids is 1. The van der Waals surface area contributed by atoms with Crippen LogP contribution in [0.15, 0.2) is 42.5 Å². The number of carboxylic acids is 1. The molecule has 2 saturated heterocycles. The van der Waals surface area contributed by atoms with Gasteiger partial charge in [-0.2, -0.15) is 13.2 Å². The lowest BCUT2D eigenvalue weighted by Crippen LogP contribution is -2.48. The zero-order valence-corrected chi connectivity index (χ0v) is 25.3. The molecule has 0 bridgehead atoms. The molecule has 3 fully saturated rings. The summed E-state index contributed by atoms with van der Waals surface area (Å²) in [5.41, 5.74) is 0.766. The maximum atomic E-state index is 14.4. The number of alkyl halides is 3. The lowest BCUT2D eigenvalue weighted by molar-refractivity contribution is -0.153. The summed E-state index contributed by atoms with van der Waals surface area (Å²) >= 11 is 0. The number of halogens is 3. The van der Waals surface area contributed by atoms with Gasteiger partial charge >= 0.3 is 12.1 Å². The van der Waals surface area contributed by atoms with Gasteiger partial charge in [0.15, 0.2) is 0 Å². The SMILES string of the molecule is COc1cc(C(F)(F)F)ccc1CN[C@@H]1[C@@H](C(C)(C)C)[C@H](C(=O)O)N(C(=O)C2C3COCC32)[C@@H]1c1ccccc1N(C)C. The van der Waals surface area contributed by atoms with Crippen LogP contribution < -0.4 is 15.0 Å². The Kier molecular flexibility index (Phi) is 8.19. The summed E-state index contributed by atoms with van der Waals surface area (Å²) in [6, 6.07) is 8.67. The number of nitrogens with zero attached hydrogens (tertiary/aromatic N) is 2. The number of anilines is 1. The highest BCUT2D eigenvalue weighted by atomic mass is 19.4. The van der Waals surface area contributed by atoms with E-state index in [0.29, 0.717) is 18.8 Å². The molecular weight excluding hydrogens is 563 g/mol. The van der Waals surface area contributed by atoms with E-state index in [1.807, 2.05) is 64.0 Å². The van der Waals surface area contributed by atoms with Crippen LogP contribution in [0.3, 0.4) is 0 Å². The molecule has 2 aromatic rings. The number of carbonyl (C=O) groups is 2. The second-order valence-corrected chi connectivity index (χ2v) is 13.1. The minimum atomic E-state index is -4.52. The minimum absolute atomic E-state index is 0.0754. The number of fused-ring (bicyclic) bond motifs is 1. The van der Waals surface area contributed by atoms with Crippen molar-refractivity contribution >= 4 is 17.6 Å². The van der Waals surface area contributed by atoms with Gasteiger partial charge in [-0.25, -0.2) is 4.79 Å². The van der Waals surface area contributed by atoms with Crippen molar-refractivity contribution in [2.75, 3.05) is 39.3 Å². The predicted molar refractivity (Wildman–Crippen MR) is 155 cm³/mol. The molecule has 234 valence electrons. The van der Waals surface area contributed by atoms with Crippen molar-refractivity contribution in [2.24, 2.45) is 29.1 Å². The summed E-state index contributed by atoms with van der Waals surface area (Å²) in [4.78, 5) is 31.0. The molecule has 2 heterocycles. The molecule has 5 rings (SSSR count). The van der Waals surface area contributed by atoms with E-state index >= 15 is 0 Å². The average Bonchev–Trinajstić information content (AvgIpc) is 3.25. The fraction of sp³-hybridized carbons (Fsp3) is 0.562. The van der Waals surface area contributed by atoms with E-state index in [1.54, 1.807) is 4.90 Å². The number of carboxylic acid groups (broad SMARTS) is 1. The molecule has 43 heavy (non-hydrogen) atoms. The summed E-state index contributed by atoms with van der Waals surface area (Å²) in [5.74, 6) is -1.85. The number of ether oxygens (including phenoxy) is 2. The van der Waals surface area contributed by atoms with Gasteiger partial charge in [-0.3, -0.25) is 4.79 Å². The van der Waals surface area contributed by atoms with Crippen LogP contribution in [0.5, 0.6) is 5.75 Å². The average molecular weight is 604 g/mol. The molecule has 11 heteroatoms. The largest absolute Gasteiger partial charge is 0.496 e. The third kappa shape index (κ3) is 5.69. The number of hydrogen-bond donors (Lipinski definition) is 2. The Balaban J connectivity index is 1.61. The molecule has 3 aliphatic rings. The second-order valence-electron chi connectivity index (χ2n) is 13.1. The monoisotopic (exact) mass is 603 g/mol. The van der Waals surface area contributed by atoms with Crippen molar-refractivity contribution < 1.29 is 37.3 Å². The summed E-state index contributed by atoms with van der Waals surface area (Å²) < 4.78 is 51.1. The Morgan fingerprint density at radius 2 is 1.74 bits per heavy atom. The molecule has 1 aliphatic carbocycles. The number of methoxy groups -OCH3 is 1.